The summed E-state index contributed by atoms with van der Waals surface area (Å²) in [6, 6.07) is 12.1. The maximum atomic E-state index is 6.07. The molecule has 2 aromatic rings. The van der Waals surface area contributed by atoms with Crippen molar-refractivity contribution in [3.63, 3.8) is 0 Å². The summed E-state index contributed by atoms with van der Waals surface area (Å²) in [4.78, 5) is 0. The average molecular weight is 294 g/mol. The van der Waals surface area contributed by atoms with Crippen LogP contribution in [0.15, 0.2) is 36.4 Å². The molecule has 0 bridgehead atoms. The fraction of sp³-hybridized carbons (Fsp3) is 0.200. The zero-order chi connectivity index (χ0) is 13.4. The van der Waals surface area contributed by atoms with Crippen LogP contribution >= 0.6 is 23.2 Å². The molecule has 2 nitrogen and oxygen atoms in total. The number of fused-ring (bicyclic) bond motifs is 1. The van der Waals surface area contributed by atoms with E-state index in [4.69, 9.17) is 27.9 Å². The van der Waals surface area contributed by atoms with Gasteiger partial charge in [-0.05, 0) is 35.7 Å². The zero-order valence-corrected chi connectivity index (χ0v) is 11.9. The van der Waals surface area contributed by atoms with Crippen LogP contribution in [0.4, 0.5) is 5.69 Å². The molecule has 2 aromatic carbocycles. The number of ether oxygens (including phenoxy) is 1. The van der Waals surface area contributed by atoms with Crippen molar-refractivity contribution in [2.45, 2.75) is 12.5 Å². The summed E-state index contributed by atoms with van der Waals surface area (Å²) in [7, 11) is 1.67. The Morgan fingerprint density at radius 1 is 1.11 bits per heavy atom. The molecular weight excluding hydrogens is 281 g/mol. The SMILES string of the molecule is COc1ccc2c(c1)NC(c1ccc(Cl)c(Cl)c1)C2. The molecule has 1 aliphatic heterocycles. The molecule has 1 atom stereocenters. The van der Waals surface area contributed by atoms with E-state index in [-0.39, 0.29) is 6.04 Å². The molecule has 0 aliphatic carbocycles. The van der Waals surface area contributed by atoms with E-state index in [0.717, 1.165) is 23.4 Å². The maximum absolute atomic E-state index is 6.07. The highest BCUT2D eigenvalue weighted by Crippen LogP contribution is 2.37. The van der Waals surface area contributed by atoms with Crippen LogP contribution in [0, 0.1) is 0 Å². The van der Waals surface area contributed by atoms with Crippen molar-refractivity contribution in [3.05, 3.63) is 57.6 Å². The van der Waals surface area contributed by atoms with Gasteiger partial charge in [0.25, 0.3) is 0 Å². The highest BCUT2D eigenvalue weighted by molar-refractivity contribution is 6.42. The number of methoxy groups -OCH3 is 1. The lowest BCUT2D eigenvalue weighted by molar-refractivity contribution is 0.415. The first-order valence-electron chi connectivity index (χ1n) is 6.06. The van der Waals surface area contributed by atoms with E-state index in [9.17, 15) is 0 Å². The molecule has 3 rings (SSSR count). The standard InChI is InChI=1S/C15H13Cl2NO/c1-19-11-4-2-10-7-14(18-15(10)8-11)9-3-5-12(16)13(17)6-9/h2-6,8,14,18H,7H2,1H3. The van der Waals surface area contributed by atoms with Gasteiger partial charge in [0, 0.05) is 11.8 Å². The predicted octanol–water partition coefficient (Wildman–Crippen LogP) is 4.71. The van der Waals surface area contributed by atoms with Gasteiger partial charge in [-0.15, -0.1) is 0 Å². The molecule has 1 unspecified atom stereocenters. The van der Waals surface area contributed by atoms with Crippen molar-refractivity contribution >= 4 is 28.9 Å². The highest BCUT2D eigenvalue weighted by Gasteiger charge is 2.22. The minimum atomic E-state index is 0.233. The van der Waals surface area contributed by atoms with Crippen molar-refractivity contribution in [1.29, 1.82) is 0 Å². The van der Waals surface area contributed by atoms with E-state index in [1.54, 1.807) is 7.11 Å². The van der Waals surface area contributed by atoms with Gasteiger partial charge in [-0.2, -0.15) is 0 Å². The Bertz CT molecular complexity index is 628. The van der Waals surface area contributed by atoms with Gasteiger partial charge in [0.15, 0.2) is 0 Å². The lowest BCUT2D eigenvalue weighted by atomic mass is 10.0. The zero-order valence-electron chi connectivity index (χ0n) is 10.4. The molecule has 4 heteroatoms. The van der Waals surface area contributed by atoms with E-state index in [1.807, 2.05) is 30.3 Å². The van der Waals surface area contributed by atoms with Crippen LogP contribution in [0.3, 0.4) is 0 Å². The largest absolute Gasteiger partial charge is 0.497 e. The Hall–Kier alpha value is -1.38. The second kappa shape index (κ2) is 4.95. The van der Waals surface area contributed by atoms with Gasteiger partial charge >= 0.3 is 0 Å². The highest BCUT2D eigenvalue weighted by atomic mass is 35.5. The second-order valence-corrected chi connectivity index (χ2v) is 5.41. The van der Waals surface area contributed by atoms with E-state index in [2.05, 4.69) is 11.4 Å². The molecular formula is C15H13Cl2NO. The van der Waals surface area contributed by atoms with Crippen LogP contribution in [0.25, 0.3) is 0 Å². The van der Waals surface area contributed by atoms with E-state index in [0.29, 0.717) is 10.0 Å². The Kier molecular flexibility index (Phi) is 3.29. The van der Waals surface area contributed by atoms with Gasteiger partial charge in [-0.25, -0.2) is 0 Å². The Labute approximate surface area is 122 Å². The topological polar surface area (TPSA) is 21.3 Å². The summed E-state index contributed by atoms with van der Waals surface area (Å²) in [5.74, 6) is 0.862. The summed E-state index contributed by atoms with van der Waals surface area (Å²) < 4.78 is 5.24. The predicted molar refractivity (Wildman–Crippen MR) is 79.5 cm³/mol. The minimum Gasteiger partial charge on any atom is -0.497 e. The molecule has 98 valence electrons. The summed E-state index contributed by atoms with van der Waals surface area (Å²) in [5.41, 5.74) is 3.55. The van der Waals surface area contributed by atoms with Gasteiger partial charge in [-0.1, -0.05) is 35.3 Å². The van der Waals surface area contributed by atoms with E-state index >= 15 is 0 Å². The van der Waals surface area contributed by atoms with Crippen molar-refractivity contribution in [2.24, 2.45) is 0 Å². The van der Waals surface area contributed by atoms with Crippen molar-refractivity contribution in [3.8, 4) is 5.75 Å². The first-order valence-corrected chi connectivity index (χ1v) is 6.81. The first-order chi connectivity index (χ1) is 9.17. The third kappa shape index (κ3) is 2.38. The maximum Gasteiger partial charge on any atom is 0.120 e. The van der Waals surface area contributed by atoms with Crippen LogP contribution in [-0.2, 0) is 6.42 Å². The Balaban J connectivity index is 1.88. The van der Waals surface area contributed by atoms with E-state index in [1.165, 1.54) is 5.56 Å². The van der Waals surface area contributed by atoms with Crippen LogP contribution in [0.2, 0.25) is 10.0 Å². The van der Waals surface area contributed by atoms with Gasteiger partial charge in [-0.3, -0.25) is 0 Å². The third-order valence-electron chi connectivity index (χ3n) is 3.42. The average Bonchev–Trinajstić information content (AvgIpc) is 2.84. The molecule has 19 heavy (non-hydrogen) atoms. The molecule has 0 saturated carbocycles. The van der Waals surface area contributed by atoms with Gasteiger partial charge in [0.05, 0.1) is 23.2 Å². The molecule has 0 radical (unpaired) electrons. The number of nitrogens with one attached hydrogen (secondary N) is 1. The summed E-state index contributed by atoms with van der Waals surface area (Å²) in [5, 5.41) is 4.67. The van der Waals surface area contributed by atoms with Crippen LogP contribution in [0.1, 0.15) is 17.2 Å². The quantitative estimate of drug-likeness (QED) is 0.866. The first kappa shape index (κ1) is 12.6. The number of hydrogen-bond donors (Lipinski definition) is 1. The van der Waals surface area contributed by atoms with Crippen LogP contribution < -0.4 is 10.1 Å². The Morgan fingerprint density at radius 2 is 1.95 bits per heavy atom. The molecule has 0 aromatic heterocycles. The second-order valence-electron chi connectivity index (χ2n) is 4.60. The Morgan fingerprint density at radius 3 is 2.68 bits per heavy atom. The molecule has 0 amide bonds. The number of anilines is 1. The van der Waals surface area contributed by atoms with E-state index < -0.39 is 0 Å². The molecule has 1 heterocycles. The van der Waals surface area contributed by atoms with Crippen LogP contribution in [0.5, 0.6) is 5.75 Å². The normalized spacial score (nSPS) is 16.9. The third-order valence-corrected chi connectivity index (χ3v) is 4.16. The van der Waals surface area contributed by atoms with Crippen molar-refractivity contribution in [1.82, 2.24) is 0 Å². The van der Waals surface area contributed by atoms with Crippen LogP contribution in [-0.4, -0.2) is 7.11 Å². The molecule has 0 spiro atoms. The van der Waals surface area contributed by atoms with Crippen molar-refractivity contribution in [2.75, 3.05) is 12.4 Å². The minimum absolute atomic E-state index is 0.233. The van der Waals surface area contributed by atoms with Crippen molar-refractivity contribution < 1.29 is 4.74 Å². The summed E-state index contributed by atoms with van der Waals surface area (Å²) in [6.07, 6.45) is 0.942. The number of hydrogen-bond acceptors (Lipinski definition) is 2. The number of rotatable bonds is 2. The number of halogens is 2. The van der Waals surface area contributed by atoms with Gasteiger partial charge < -0.3 is 10.1 Å². The molecule has 1 N–H and O–H groups in total. The molecule has 0 fully saturated rings. The molecule has 1 aliphatic rings. The fourth-order valence-corrected chi connectivity index (χ4v) is 2.69. The smallest absolute Gasteiger partial charge is 0.120 e. The number of benzene rings is 2. The van der Waals surface area contributed by atoms with Gasteiger partial charge in [0.2, 0.25) is 0 Å². The lowest BCUT2D eigenvalue weighted by Gasteiger charge is -2.12. The summed E-state index contributed by atoms with van der Waals surface area (Å²) >= 11 is 12.0. The van der Waals surface area contributed by atoms with Gasteiger partial charge in [0.1, 0.15) is 5.75 Å². The fourth-order valence-electron chi connectivity index (χ4n) is 2.38. The molecule has 0 saturated heterocycles. The lowest BCUT2D eigenvalue weighted by Crippen LogP contribution is -2.05. The monoisotopic (exact) mass is 293 g/mol. The summed E-state index contributed by atoms with van der Waals surface area (Å²) in [6.45, 7) is 0.